The highest BCUT2D eigenvalue weighted by Crippen LogP contribution is 2.08. The van der Waals surface area contributed by atoms with Gasteiger partial charge in [0.05, 0.1) is 0 Å². The Hall–Kier alpha value is -1.02. The molecule has 2 nitrogen and oxygen atoms in total. The summed E-state index contributed by atoms with van der Waals surface area (Å²) in [5, 5.41) is 11.4. The first-order valence-electron chi connectivity index (χ1n) is 3.74. The van der Waals surface area contributed by atoms with Crippen LogP contribution in [-0.2, 0) is 6.42 Å². The van der Waals surface area contributed by atoms with Crippen molar-refractivity contribution < 1.29 is 5.21 Å². The average molecular weight is 184 g/mol. The van der Waals surface area contributed by atoms with Crippen molar-refractivity contribution in [1.82, 2.24) is 0 Å². The quantitative estimate of drug-likeness (QED) is 0.427. The van der Waals surface area contributed by atoms with Crippen molar-refractivity contribution in [1.29, 1.82) is 0 Å². The molecule has 1 rings (SSSR count). The highest BCUT2D eigenvalue weighted by Gasteiger charge is 1.98. The van der Waals surface area contributed by atoms with E-state index in [1.165, 1.54) is 5.56 Å². The number of rotatable bonds is 2. The Bertz CT molecular complexity index is 279. The van der Waals surface area contributed by atoms with Gasteiger partial charge in [-0.1, -0.05) is 47.9 Å². The van der Waals surface area contributed by atoms with E-state index in [-0.39, 0.29) is 5.17 Å². The number of oxime groups is 1. The summed E-state index contributed by atoms with van der Waals surface area (Å²) >= 11 is 5.59. The van der Waals surface area contributed by atoms with Crippen molar-refractivity contribution in [3.05, 3.63) is 35.4 Å². The topological polar surface area (TPSA) is 32.6 Å². The summed E-state index contributed by atoms with van der Waals surface area (Å²) in [4.78, 5) is 0. The van der Waals surface area contributed by atoms with Crippen molar-refractivity contribution in [3.63, 3.8) is 0 Å². The van der Waals surface area contributed by atoms with Crippen LogP contribution in [0.5, 0.6) is 0 Å². The molecule has 0 fully saturated rings. The summed E-state index contributed by atoms with van der Waals surface area (Å²) in [6.45, 7) is 2.08. The first-order chi connectivity index (χ1) is 5.77. The van der Waals surface area contributed by atoms with Crippen molar-refractivity contribution in [2.45, 2.75) is 13.3 Å². The van der Waals surface area contributed by atoms with Crippen LogP contribution < -0.4 is 0 Å². The van der Waals surface area contributed by atoms with Crippen LogP contribution in [-0.4, -0.2) is 10.4 Å². The van der Waals surface area contributed by atoms with Crippen molar-refractivity contribution >= 4 is 16.8 Å². The maximum absolute atomic E-state index is 8.37. The van der Waals surface area contributed by atoms with E-state index in [0.29, 0.717) is 0 Å². The number of hydrogen-bond donors (Lipinski definition) is 1. The third-order valence-electron chi connectivity index (χ3n) is 1.69. The zero-order valence-electron chi connectivity index (χ0n) is 6.79. The fourth-order valence-electron chi connectivity index (χ4n) is 0.936. The number of halogens is 1. The molecule has 0 saturated heterocycles. The van der Waals surface area contributed by atoms with Crippen molar-refractivity contribution in [2.24, 2.45) is 5.16 Å². The minimum atomic E-state index is 0.123. The number of nitrogens with zero attached hydrogens (tertiary/aromatic N) is 1. The normalized spacial score (nSPS) is 11.7. The van der Waals surface area contributed by atoms with Gasteiger partial charge in [-0.25, -0.2) is 0 Å². The lowest BCUT2D eigenvalue weighted by Crippen LogP contribution is -1.90. The van der Waals surface area contributed by atoms with Crippen molar-refractivity contribution in [3.8, 4) is 0 Å². The third-order valence-corrected chi connectivity index (χ3v) is 1.98. The molecule has 0 aliphatic heterocycles. The maximum Gasteiger partial charge on any atom is 0.175 e. The number of hydrogen-bond acceptors (Lipinski definition) is 2. The summed E-state index contributed by atoms with van der Waals surface area (Å²) < 4.78 is 0. The molecule has 0 saturated carbocycles. The summed E-state index contributed by atoms with van der Waals surface area (Å²) in [5.41, 5.74) is 1.97. The molecule has 12 heavy (non-hydrogen) atoms. The lowest BCUT2D eigenvalue weighted by atomic mass is 10.1. The fourth-order valence-corrected chi connectivity index (χ4v) is 1.06. The Labute approximate surface area is 76.5 Å². The lowest BCUT2D eigenvalue weighted by Gasteiger charge is -1.98. The van der Waals surface area contributed by atoms with Gasteiger partial charge in [-0.3, -0.25) is 0 Å². The van der Waals surface area contributed by atoms with E-state index in [0.717, 1.165) is 12.0 Å². The molecular weight excluding hydrogens is 174 g/mol. The first-order valence-corrected chi connectivity index (χ1v) is 4.12. The van der Waals surface area contributed by atoms with Gasteiger partial charge in [-0.2, -0.15) is 0 Å². The Morgan fingerprint density at radius 3 is 2.42 bits per heavy atom. The van der Waals surface area contributed by atoms with Crippen LogP contribution in [0.2, 0.25) is 0 Å². The Balaban J connectivity index is 2.92. The zero-order chi connectivity index (χ0) is 8.97. The van der Waals surface area contributed by atoms with Crippen LogP contribution in [0.15, 0.2) is 29.4 Å². The molecule has 0 heterocycles. The van der Waals surface area contributed by atoms with E-state index in [9.17, 15) is 0 Å². The Morgan fingerprint density at radius 1 is 1.42 bits per heavy atom. The largest absolute Gasteiger partial charge is 0.410 e. The summed E-state index contributed by atoms with van der Waals surface area (Å²) in [6.07, 6.45) is 0.994. The molecule has 1 aromatic carbocycles. The predicted octanol–water partition coefficient (Wildman–Crippen LogP) is 2.62. The van der Waals surface area contributed by atoms with Gasteiger partial charge < -0.3 is 5.21 Å². The zero-order valence-corrected chi connectivity index (χ0v) is 7.54. The summed E-state index contributed by atoms with van der Waals surface area (Å²) in [7, 11) is 0. The molecular formula is C9H10ClNO. The van der Waals surface area contributed by atoms with Gasteiger partial charge in [0, 0.05) is 5.56 Å². The van der Waals surface area contributed by atoms with Crippen LogP contribution in [0.4, 0.5) is 0 Å². The maximum atomic E-state index is 8.37. The molecule has 0 amide bonds. The van der Waals surface area contributed by atoms with E-state index in [4.69, 9.17) is 16.8 Å². The molecule has 1 aromatic rings. The second-order valence-corrected chi connectivity index (χ2v) is 2.80. The molecule has 64 valence electrons. The molecule has 0 bridgehead atoms. The highest BCUT2D eigenvalue weighted by atomic mass is 35.5. The van der Waals surface area contributed by atoms with Gasteiger partial charge in [-0.15, -0.1) is 0 Å². The lowest BCUT2D eigenvalue weighted by molar-refractivity contribution is 0.321. The van der Waals surface area contributed by atoms with Gasteiger partial charge in [0.2, 0.25) is 0 Å². The molecule has 0 radical (unpaired) electrons. The van der Waals surface area contributed by atoms with E-state index in [1.807, 2.05) is 24.3 Å². The van der Waals surface area contributed by atoms with E-state index >= 15 is 0 Å². The Kier molecular flexibility index (Phi) is 3.11. The molecule has 0 aliphatic carbocycles. The highest BCUT2D eigenvalue weighted by molar-refractivity contribution is 6.69. The third kappa shape index (κ3) is 1.98. The molecule has 0 atom stereocenters. The second-order valence-electron chi connectivity index (χ2n) is 2.44. The molecule has 3 heteroatoms. The van der Waals surface area contributed by atoms with Crippen LogP contribution in [0.1, 0.15) is 18.1 Å². The molecule has 0 aromatic heterocycles. The van der Waals surface area contributed by atoms with Gasteiger partial charge in [0.15, 0.2) is 5.17 Å². The molecule has 0 unspecified atom stereocenters. The van der Waals surface area contributed by atoms with Crippen LogP contribution in [0.3, 0.4) is 0 Å². The monoisotopic (exact) mass is 183 g/mol. The standard InChI is InChI=1S/C9H10ClNO/c1-2-7-3-5-8(6-4-7)9(10)11-12/h3-6,12H,2H2,1H3. The summed E-state index contributed by atoms with van der Waals surface area (Å²) in [5.74, 6) is 0. The molecule has 0 spiro atoms. The van der Waals surface area contributed by atoms with Crippen LogP contribution in [0.25, 0.3) is 0 Å². The van der Waals surface area contributed by atoms with E-state index in [1.54, 1.807) is 0 Å². The van der Waals surface area contributed by atoms with Crippen LogP contribution in [0, 0.1) is 0 Å². The summed E-state index contributed by atoms with van der Waals surface area (Å²) in [6, 6.07) is 7.59. The molecule has 1 N–H and O–H groups in total. The second kappa shape index (κ2) is 4.12. The number of benzene rings is 1. The minimum absolute atomic E-state index is 0.123. The van der Waals surface area contributed by atoms with Crippen LogP contribution >= 0.6 is 11.6 Å². The minimum Gasteiger partial charge on any atom is -0.410 e. The van der Waals surface area contributed by atoms with Gasteiger partial charge >= 0.3 is 0 Å². The smallest absolute Gasteiger partial charge is 0.175 e. The fraction of sp³-hybridized carbons (Fsp3) is 0.222. The number of aryl methyl sites for hydroxylation is 1. The van der Waals surface area contributed by atoms with E-state index < -0.39 is 0 Å². The first kappa shape index (κ1) is 9.07. The van der Waals surface area contributed by atoms with Crippen molar-refractivity contribution in [2.75, 3.05) is 0 Å². The van der Waals surface area contributed by atoms with Gasteiger partial charge in [-0.05, 0) is 12.0 Å². The average Bonchev–Trinajstić information content (AvgIpc) is 2.17. The SMILES string of the molecule is CCc1ccc(C(Cl)=NO)cc1. The molecule has 0 aliphatic rings. The van der Waals surface area contributed by atoms with E-state index in [2.05, 4.69) is 12.1 Å². The predicted molar refractivity (Wildman–Crippen MR) is 50.0 cm³/mol. The van der Waals surface area contributed by atoms with Gasteiger partial charge in [0.1, 0.15) is 0 Å². The van der Waals surface area contributed by atoms with Gasteiger partial charge in [0.25, 0.3) is 0 Å². The Morgan fingerprint density at radius 2 is 2.00 bits per heavy atom.